The van der Waals surface area contributed by atoms with Crippen LogP contribution in [-0.2, 0) is 4.79 Å². The Bertz CT molecular complexity index is 362. The van der Waals surface area contributed by atoms with E-state index in [1.54, 1.807) is 0 Å². The van der Waals surface area contributed by atoms with E-state index in [0.29, 0.717) is 18.1 Å². The molecule has 1 aliphatic heterocycles. The van der Waals surface area contributed by atoms with Crippen molar-refractivity contribution < 1.29 is 9.90 Å². The summed E-state index contributed by atoms with van der Waals surface area (Å²) in [6.07, 6.45) is 13.9. The Morgan fingerprint density at radius 2 is 1.50 bits per heavy atom. The van der Waals surface area contributed by atoms with Crippen LogP contribution >= 0.6 is 0 Å². The van der Waals surface area contributed by atoms with E-state index in [2.05, 4.69) is 10.2 Å². The van der Waals surface area contributed by atoms with E-state index >= 15 is 0 Å². The Morgan fingerprint density at radius 3 is 2.14 bits per heavy atom. The van der Waals surface area contributed by atoms with Crippen molar-refractivity contribution in [2.75, 3.05) is 13.1 Å². The third-order valence-corrected chi connectivity index (χ3v) is 6.00. The Morgan fingerprint density at radius 1 is 0.864 bits per heavy atom. The molecule has 3 aliphatic rings. The van der Waals surface area contributed by atoms with Gasteiger partial charge in [0.05, 0.1) is 5.92 Å². The van der Waals surface area contributed by atoms with Crippen molar-refractivity contribution in [1.82, 2.24) is 10.2 Å². The fourth-order valence-corrected chi connectivity index (χ4v) is 4.78. The van der Waals surface area contributed by atoms with E-state index in [1.807, 2.05) is 0 Å². The summed E-state index contributed by atoms with van der Waals surface area (Å²) in [6, 6.07) is 1.63. The maximum Gasteiger partial charge on any atom is 0.307 e. The highest BCUT2D eigenvalue weighted by molar-refractivity contribution is 5.70. The molecule has 0 bridgehead atoms. The number of likely N-dealkylation sites (tertiary alicyclic amines) is 1. The molecule has 4 heteroatoms. The third kappa shape index (κ3) is 4.23. The van der Waals surface area contributed by atoms with Crippen molar-refractivity contribution in [3.8, 4) is 0 Å². The first-order valence-corrected chi connectivity index (χ1v) is 9.45. The van der Waals surface area contributed by atoms with Gasteiger partial charge in [-0.1, -0.05) is 38.5 Å². The predicted molar refractivity (Wildman–Crippen MR) is 88.0 cm³/mol. The lowest BCUT2D eigenvalue weighted by Crippen LogP contribution is -2.56. The number of nitrogens with one attached hydrogen (secondary N) is 1. The Kier molecular flexibility index (Phi) is 5.75. The van der Waals surface area contributed by atoms with Crippen molar-refractivity contribution in [2.24, 2.45) is 5.92 Å². The van der Waals surface area contributed by atoms with E-state index in [9.17, 15) is 9.90 Å². The van der Waals surface area contributed by atoms with Gasteiger partial charge in [-0.25, -0.2) is 0 Å². The average molecular weight is 308 g/mol. The van der Waals surface area contributed by atoms with Gasteiger partial charge in [0.25, 0.3) is 0 Å². The summed E-state index contributed by atoms with van der Waals surface area (Å²) in [5, 5.41) is 13.3. The second-order valence-corrected chi connectivity index (χ2v) is 7.72. The van der Waals surface area contributed by atoms with Gasteiger partial charge in [-0.05, 0) is 32.1 Å². The van der Waals surface area contributed by atoms with Gasteiger partial charge in [-0.2, -0.15) is 0 Å². The molecule has 0 aromatic carbocycles. The van der Waals surface area contributed by atoms with Crippen molar-refractivity contribution in [1.29, 1.82) is 0 Å². The lowest BCUT2D eigenvalue weighted by molar-refractivity contribution is -0.144. The summed E-state index contributed by atoms with van der Waals surface area (Å²) >= 11 is 0. The maximum atomic E-state index is 11.6. The summed E-state index contributed by atoms with van der Waals surface area (Å²) < 4.78 is 0. The molecular formula is C18H32N2O2. The lowest BCUT2D eigenvalue weighted by Gasteiger charge is -2.43. The van der Waals surface area contributed by atoms with Crippen molar-refractivity contribution in [3.05, 3.63) is 0 Å². The number of nitrogens with zero attached hydrogens (tertiary/aromatic N) is 1. The van der Waals surface area contributed by atoms with Crippen LogP contribution in [0.4, 0.5) is 0 Å². The minimum Gasteiger partial charge on any atom is -0.481 e. The molecule has 126 valence electrons. The first kappa shape index (κ1) is 16.3. The Labute approximate surface area is 134 Å². The van der Waals surface area contributed by atoms with Crippen LogP contribution < -0.4 is 5.32 Å². The van der Waals surface area contributed by atoms with E-state index in [-0.39, 0.29) is 5.92 Å². The topological polar surface area (TPSA) is 52.6 Å². The van der Waals surface area contributed by atoms with E-state index < -0.39 is 5.97 Å². The highest BCUT2D eigenvalue weighted by Crippen LogP contribution is 2.28. The molecule has 0 aromatic rings. The number of hydrogen-bond acceptors (Lipinski definition) is 3. The molecule has 3 fully saturated rings. The number of carbonyl (C=O) groups is 1. The molecule has 0 aromatic heterocycles. The summed E-state index contributed by atoms with van der Waals surface area (Å²) in [7, 11) is 0. The molecule has 2 atom stereocenters. The van der Waals surface area contributed by atoms with Crippen LogP contribution in [0.2, 0.25) is 0 Å². The monoisotopic (exact) mass is 308 g/mol. The van der Waals surface area contributed by atoms with Gasteiger partial charge in [-0.15, -0.1) is 0 Å². The number of carboxylic acid groups (broad SMARTS) is 1. The summed E-state index contributed by atoms with van der Waals surface area (Å²) in [6.45, 7) is 1.83. The van der Waals surface area contributed by atoms with Gasteiger partial charge in [0.1, 0.15) is 0 Å². The molecule has 0 spiro atoms. The van der Waals surface area contributed by atoms with Crippen LogP contribution in [0.25, 0.3) is 0 Å². The third-order valence-electron chi connectivity index (χ3n) is 6.00. The number of aliphatic carboxylic acids is 1. The fraction of sp³-hybridized carbons (Fsp3) is 0.944. The van der Waals surface area contributed by atoms with E-state index in [1.165, 1.54) is 64.2 Å². The normalized spacial score (nSPS) is 32.9. The number of rotatable bonds is 4. The van der Waals surface area contributed by atoms with E-state index in [4.69, 9.17) is 0 Å². The van der Waals surface area contributed by atoms with E-state index in [0.717, 1.165) is 19.5 Å². The molecule has 22 heavy (non-hydrogen) atoms. The predicted octanol–water partition coefficient (Wildman–Crippen LogP) is 3.02. The minimum absolute atomic E-state index is 0.184. The first-order chi connectivity index (χ1) is 10.7. The van der Waals surface area contributed by atoms with Crippen LogP contribution in [0.3, 0.4) is 0 Å². The number of carboxylic acids is 1. The second kappa shape index (κ2) is 7.78. The van der Waals surface area contributed by atoms with Crippen LogP contribution in [0, 0.1) is 5.92 Å². The standard InChI is InChI=1S/C18H32N2O2/c21-18(22)14-11-16(19-15-7-3-1-4-8-15)13-20(12-14)17-9-5-2-6-10-17/h14-17,19H,1-13H2,(H,21,22). The molecule has 2 unspecified atom stereocenters. The molecule has 2 N–H and O–H groups in total. The zero-order valence-corrected chi connectivity index (χ0v) is 13.8. The zero-order chi connectivity index (χ0) is 15.4. The quantitative estimate of drug-likeness (QED) is 0.838. The molecule has 1 heterocycles. The van der Waals surface area contributed by atoms with Gasteiger partial charge in [0, 0.05) is 31.2 Å². The highest BCUT2D eigenvalue weighted by atomic mass is 16.4. The summed E-state index contributed by atoms with van der Waals surface area (Å²) in [4.78, 5) is 14.1. The van der Waals surface area contributed by atoms with Gasteiger partial charge >= 0.3 is 5.97 Å². The van der Waals surface area contributed by atoms with Gasteiger partial charge in [0.2, 0.25) is 0 Å². The SMILES string of the molecule is O=C(O)C1CC(NC2CCCCC2)CN(C2CCCCC2)C1. The van der Waals surface area contributed by atoms with Crippen molar-refractivity contribution >= 4 is 5.97 Å². The number of hydrogen-bond donors (Lipinski definition) is 2. The minimum atomic E-state index is -0.601. The van der Waals surface area contributed by atoms with Gasteiger partial charge < -0.3 is 10.4 Å². The Hall–Kier alpha value is -0.610. The van der Waals surface area contributed by atoms with Crippen molar-refractivity contribution in [2.45, 2.75) is 88.8 Å². The average Bonchev–Trinajstić information content (AvgIpc) is 2.56. The molecule has 3 rings (SSSR count). The van der Waals surface area contributed by atoms with Crippen LogP contribution in [-0.4, -0.2) is 47.2 Å². The maximum absolute atomic E-state index is 11.6. The smallest absolute Gasteiger partial charge is 0.307 e. The summed E-state index contributed by atoms with van der Waals surface area (Å²) in [5.74, 6) is -0.785. The zero-order valence-electron chi connectivity index (χ0n) is 13.8. The second-order valence-electron chi connectivity index (χ2n) is 7.72. The lowest BCUT2D eigenvalue weighted by atomic mass is 9.87. The largest absolute Gasteiger partial charge is 0.481 e. The fourth-order valence-electron chi connectivity index (χ4n) is 4.78. The van der Waals surface area contributed by atoms with Crippen molar-refractivity contribution in [3.63, 3.8) is 0 Å². The summed E-state index contributed by atoms with van der Waals surface area (Å²) in [5.41, 5.74) is 0. The molecular weight excluding hydrogens is 276 g/mol. The molecule has 4 nitrogen and oxygen atoms in total. The van der Waals surface area contributed by atoms with Gasteiger partial charge in [-0.3, -0.25) is 9.69 Å². The first-order valence-electron chi connectivity index (χ1n) is 9.45. The molecule has 0 radical (unpaired) electrons. The Balaban J connectivity index is 1.59. The highest BCUT2D eigenvalue weighted by Gasteiger charge is 2.35. The van der Waals surface area contributed by atoms with Crippen LogP contribution in [0.15, 0.2) is 0 Å². The molecule has 1 saturated heterocycles. The van der Waals surface area contributed by atoms with Crippen LogP contribution in [0.1, 0.15) is 70.6 Å². The number of piperidine rings is 1. The van der Waals surface area contributed by atoms with Gasteiger partial charge in [0.15, 0.2) is 0 Å². The van der Waals surface area contributed by atoms with Crippen LogP contribution in [0.5, 0.6) is 0 Å². The molecule has 2 saturated carbocycles. The molecule has 0 amide bonds. The molecule has 2 aliphatic carbocycles.